The summed E-state index contributed by atoms with van der Waals surface area (Å²) < 4.78 is 5.36. The number of halogens is 1. The van der Waals surface area contributed by atoms with Crippen molar-refractivity contribution < 1.29 is 9.53 Å². The number of nitrogens with one attached hydrogen (secondary N) is 1. The molecule has 0 heterocycles. The van der Waals surface area contributed by atoms with Crippen LogP contribution in [0.15, 0.2) is 42.5 Å². The second-order valence-electron chi connectivity index (χ2n) is 4.34. The molecule has 0 atom stereocenters. The number of ether oxygens (including phenoxy) is 1. The van der Waals surface area contributed by atoms with Crippen LogP contribution < -0.4 is 15.8 Å². The Hall–Kier alpha value is -2.20. The van der Waals surface area contributed by atoms with Crippen molar-refractivity contribution in [1.29, 1.82) is 0 Å². The van der Waals surface area contributed by atoms with Crippen LogP contribution in [0.5, 0.6) is 5.75 Å². The Balaban J connectivity index is 1.92. The van der Waals surface area contributed by atoms with Crippen molar-refractivity contribution in [3.63, 3.8) is 0 Å². The first-order chi connectivity index (χ1) is 9.56. The Kier molecular flexibility index (Phi) is 4.48. The average Bonchev–Trinajstić information content (AvgIpc) is 2.43. The molecule has 104 valence electrons. The highest BCUT2D eigenvalue weighted by molar-refractivity contribution is 6.33. The molecule has 20 heavy (non-hydrogen) atoms. The van der Waals surface area contributed by atoms with Gasteiger partial charge in [-0.3, -0.25) is 4.79 Å². The molecule has 0 radical (unpaired) electrons. The number of carbonyl (C=O) groups is 1. The van der Waals surface area contributed by atoms with E-state index in [0.717, 1.165) is 11.3 Å². The Bertz CT molecular complexity index is 629. The van der Waals surface area contributed by atoms with E-state index in [2.05, 4.69) is 5.32 Å². The maximum Gasteiger partial charge on any atom is 0.262 e. The number of hydrogen-bond acceptors (Lipinski definition) is 3. The molecule has 0 bridgehead atoms. The van der Waals surface area contributed by atoms with Gasteiger partial charge in [0.15, 0.2) is 6.61 Å². The maximum atomic E-state index is 11.8. The molecule has 4 nitrogen and oxygen atoms in total. The molecule has 0 saturated heterocycles. The van der Waals surface area contributed by atoms with E-state index in [1.165, 1.54) is 0 Å². The Morgan fingerprint density at radius 1 is 1.30 bits per heavy atom. The van der Waals surface area contributed by atoms with Gasteiger partial charge < -0.3 is 15.8 Å². The third-order valence-corrected chi connectivity index (χ3v) is 3.09. The van der Waals surface area contributed by atoms with Crippen LogP contribution in [0.2, 0.25) is 5.02 Å². The minimum atomic E-state index is -0.229. The molecule has 0 spiro atoms. The van der Waals surface area contributed by atoms with Gasteiger partial charge in [0.2, 0.25) is 0 Å². The van der Waals surface area contributed by atoms with Crippen molar-refractivity contribution in [2.24, 2.45) is 0 Å². The van der Waals surface area contributed by atoms with Gasteiger partial charge in [-0.2, -0.15) is 0 Å². The van der Waals surface area contributed by atoms with E-state index in [-0.39, 0.29) is 12.5 Å². The predicted octanol–water partition coefficient (Wildman–Crippen LogP) is 3.25. The number of rotatable bonds is 4. The molecule has 0 fully saturated rings. The molecule has 0 aliphatic rings. The summed E-state index contributed by atoms with van der Waals surface area (Å²) >= 11 is 5.87. The molecule has 5 heteroatoms. The maximum absolute atomic E-state index is 11.8. The fourth-order valence-corrected chi connectivity index (χ4v) is 1.82. The summed E-state index contributed by atoms with van der Waals surface area (Å²) in [7, 11) is 0. The van der Waals surface area contributed by atoms with Crippen LogP contribution in [0.25, 0.3) is 0 Å². The number of hydrogen-bond donors (Lipinski definition) is 2. The van der Waals surface area contributed by atoms with E-state index in [1.54, 1.807) is 18.2 Å². The van der Waals surface area contributed by atoms with Gasteiger partial charge in [0.25, 0.3) is 5.91 Å². The summed E-state index contributed by atoms with van der Waals surface area (Å²) in [5.74, 6) is 0.274. The number of nitrogen functional groups attached to an aromatic ring is 1. The smallest absolute Gasteiger partial charge is 0.262 e. The van der Waals surface area contributed by atoms with Gasteiger partial charge in [-0.15, -0.1) is 0 Å². The zero-order valence-corrected chi connectivity index (χ0v) is 11.8. The van der Waals surface area contributed by atoms with Crippen LogP contribution in [0.3, 0.4) is 0 Å². The molecule has 3 N–H and O–H groups in total. The molecular weight excluding hydrogens is 276 g/mol. The zero-order valence-electron chi connectivity index (χ0n) is 11.0. The largest absolute Gasteiger partial charge is 0.484 e. The summed E-state index contributed by atoms with van der Waals surface area (Å²) in [5.41, 5.74) is 7.84. The third-order valence-electron chi connectivity index (χ3n) is 2.76. The molecule has 2 aromatic rings. The SMILES string of the molecule is Cc1ccccc1NC(=O)COc1ccc(N)c(Cl)c1. The number of carbonyl (C=O) groups excluding carboxylic acids is 1. The molecule has 0 aromatic heterocycles. The van der Waals surface area contributed by atoms with Crippen molar-refractivity contribution in [2.45, 2.75) is 6.92 Å². The Morgan fingerprint density at radius 2 is 2.05 bits per heavy atom. The van der Waals surface area contributed by atoms with Crippen LogP contribution in [0, 0.1) is 6.92 Å². The lowest BCUT2D eigenvalue weighted by atomic mass is 10.2. The quantitative estimate of drug-likeness (QED) is 0.850. The number of nitrogens with two attached hydrogens (primary N) is 1. The van der Waals surface area contributed by atoms with E-state index in [1.807, 2.05) is 31.2 Å². The molecule has 2 rings (SSSR count). The van der Waals surface area contributed by atoms with Crippen LogP contribution in [-0.2, 0) is 4.79 Å². The number of aryl methyl sites for hydroxylation is 1. The first-order valence-electron chi connectivity index (χ1n) is 6.09. The number of amides is 1. The highest BCUT2D eigenvalue weighted by Crippen LogP contribution is 2.24. The monoisotopic (exact) mass is 290 g/mol. The molecule has 2 aromatic carbocycles. The molecular formula is C15H15ClN2O2. The lowest BCUT2D eigenvalue weighted by molar-refractivity contribution is -0.118. The zero-order chi connectivity index (χ0) is 14.5. The summed E-state index contributed by atoms with van der Waals surface area (Å²) in [5, 5.41) is 3.19. The normalized spacial score (nSPS) is 10.1. The minimum absolute atomic E-state index is 0.0887. The van der Waals surface area contributed by atoms with Gasteiger partial charge in [-0.25, -0.2) is 0 Å². The molecule has 1 amide bonds. The first-order valence-corrected chi connectivity index (χ1v) is 6.47. The van der Waals surface area contributed by atoms with Gasteiger partial charge in [0.1, 0.15) is 5.75 Å². The number of para-hydroxylation sites is 1. The van der Waals surface area contributed by atoms with Gasteiger partial charge >= 0.3 is 0 Å². The van der Waals surface area contributed by atoms with E-state index in [0.29, 0.717) is 16.5 Å². The van der Waals surface area contributed by atoms with Crippen molar-refractivity contribution in [3.8, 4) is 5.75 Å². The predicted molar refractivity (Wildman–Crippen MR) is 81.2 cm³/mol. The second-order valence-corrected chi connectivity index (χ2v) is 4.74. The topological polar surface area (TPSA) is 64.3 Å². The van der Waals surface area contributed by atoms with E-state index >= 15 is 0 Å². The van der Waals surface area contributed by atoms with E-state index in [9.17, 15) is 4.79 Å². The van der Waals surface area contributed by atoms with Crippen molar-refractivity contribution in [1.82, 2.24) is 0 Å². The van der Waals surface area contributed by atoms with Gasteiger partial charge in [0, 0.05) is 11.8 Å². The van der Waals surface area contributed by atoms with Crippen LogP contribution in [-0.4, -0.2) is 12.5 Å². The van der Waals surface area contributed by atoms with Gasteiger partial charge in [-0.1, -0.05) is 29.8 Å². The minimum Gasteiger partial charge on any atom is -0.484 e. The fraction of sp³-hybridized carbons (Fsp3) is 0.133. The number of benzene rings is 2. The first kappa shape index (κ1) is 14.2. The van der Waals surface area contributed by atoms with Gasteiger partial charge in [0.05, 0.1) is 10.7 Å². The summed E-state index contributed by atoms with van der Waals surface area (Å²) in [6.45, 7) is 1.84. The van der Waals surface area contributed by atoms with Crippen LogP contribution in [0.4, 0.5) is 11.4 Å². The lowest BCUT2D eigenvalue weighted by Gasteiger charge is -2.10. The van der Waals surface area contributed by atoms with Crippen molar-refractivity contribution >= 4 is 28.9 Å². The van der Waals surface area contributed by atoms with Crippen molar-refractivity contribution in [2.75, 3.05) is 17.7 Å². The Morgan fingerprint density at radius 3 is 2.75 bits per heavy atom. The summed E-state index contributed by atoms with van der Waals surface area (Å²) in [4.78, 5) is 11.8. The lowest BCUT2D eigenvalue weighted by Crippen LogP contribution is -2.20. The summed E-state index contributed by atoms with van der Waals surface area (Å²) in [6.07, 6.45) is 0. The number of anilines is 2. The third kappa shape index (κ3) is 3.65. The molecule has 0 aliphatic carbocycles. The average molecular weight is 291 g/mol. The van der Waals surface area contributed by atoms with E-state index < -0.39 is 0 Å². The molecule has 0 unspecified atom stereocenters. The fourth-order valence-electron chi connectivity index (χ4n) is 1.65. The molecule has 0 saturated carbocycles. The van der Waals surface area contributed by atoms with Gasteiger partial charge in [-0.05, 0) is 30.7 Å². The standard InChI is InChI=1S/C15H15ClN2O2/c1-10-4-2-3-5-14(10)18-15(19)9-20-11-6-7-13(17)12(16)8-11/h2-8H,9,17H2,1H3,(H,18,19). The van der Waals surface area contributed by atoms with E-state index in [4.69, 9.17) is 22.1 Å². The Labute approximate surface area is 122 Å². The van der Waals surface area contributed by atoms with Crippen molar-refractivity contribution in [3.05, 3.63) is 53.1 Å². The second kappa shape index (κ2) is 6.30. The summed E-state index contributed by atoms with van der Waals surface area (Å²) in [6, 6.07) is 12.4. The van der Waals surface area contributed by atoms with Crippen LogP contribution >= 0.6 is 11.6 Å². The highest BCUT2D eigenvalue weighted by Gasteiger charge is 2.06. The highest BCUT2D eigenvalue weighted by atomic mass is 35.5. The van der Waals surface area contributed by atoms with Crippen LogP contribution in [0.1, 0.15) is 5.56 Å². The molecule has 0 aliphatic heterocycles.